The molecule has 2 N–H and O–H groups in total. The summed E-state index contributed by atoms with van der Waals surface area (Å²) in [6, 6.07) is 5.08. The van der Waals surface area contributed by atoms with E-state index in [1.807, 2.05) is 6.07 Å². The zero-order chi connectivity index (χ0) is 13.3. The predicted octanol–water partition coefficient (Wildman–Crippen LogP) is 2.55. The summed E-state index contributed by atoms with van der Waals surface area (Å²) in [5.74, 6) is 0. The van der Waals surface area contributed by atoms with Gasteiger partial charge >= 0.3 is 0 Å². The van der Waals surface area contributed by atoms with E-state index in [0.29, 0.717) is 0 Å². The third-order valence-corrected chi connectivity index (χ3v) is 3.74. The molecular weight excluding hydrogens is 230 g/mol. The molecule has 5 heteroatoms. The number of likely N-dealkylation sites (tertiary alicyclic amines) is 1. The molecule has 1 aromatic rings. The van der Waals surface area contributed by atoms with Gasteiger partial charge in [-0.1, -0.05) is 6.07 Å². The van der Waals surface area contributed by atoms with Gasteiger partial charge in [-0.2, -0.15) is 0 Å². The van der Waals surface area contributed by atoms with Crippen LogP contribution in [0.1, 0.15) is 32.3 Å². The molecule has 98 valence electrons. The number of nitrogens with two attached hydrogens (primary N) is 1. The number of benzene rings is 1. The summed E-state index contributed by atoms with van der Waals surface area (Å²) in [6.07, 6.45) is 2.36. The Morgan fingerprint density at radius 3 is 2.78 bits per heavy atom. The zero-order valence-electron chi connectivity index (χ0n) is 10.8. The van der Waals surface area contributed by atoms with Gasteiger partial charge in [0, 0.05) is 18.2 Å². The number of nitro benzene ring substituents is 1. The highest BCUT2D eigenvalue weighted by atomic mass is 16.6. The molecular formula is C13H19N3O2. The first kappa shape index (κ1) is 12.8. The molecule has 0 aliphatic carbocycles. The Hall–Kier alpha value is -1.62. The molecule has 1 fully saturated rings. The minimum Gasteiger partial charge on any atom is -0.393 e. The van der Waals surface area contributed by atoms with Crippen LogP contribution in [-0.4, -0.2) is 21.9 Å². The molecule has 0 radical (unpaired) electrons. The van der Waals surface area contributed by atoms with E-state index in [2.05, 4.69) is 18.7 Å². The molecule has 0 unspecified atom stereocenters. The molecule has 5 nitrogen and oxygen atoms in total. The Balaban J connectivity index is 2.20. The van der Waals surface area contributed by atoms with Crippen LogP contribution in [0, 0.1) is 10.1 Å². The van der Waals surface area contributed by atoms with Crippen molar-refractivity contribution in [3.8, 4) is 0 Å². The molecule has 1 aromatic carbocycles. The third kappa shape index (κ3) is 2.46. The van der Waals surface area contributed by atoms with E-state index >= 15 is 0 Å². The second kappa shape index (κ2) is 4.57. The highest BCUT2D eigenvalue weighted by molar-refractivity contribution is 5.59. The summed E-state index contributed by atoms with van der Waals surface area (Å²) in [5.41, 5.74) is 6.95. The fraction of sp³-hybridized carbons (Fsp3) is 0.538. The number of nitro groups is 1. The number of hydrogen-bond donors (Lipinski definition) is 1. The Labute approximate surface area is 107 Å². The number of rotatable bonds is 3. The van der Waals surface area contributed by atoms with Crippen molar-refractivity contribution in [2.45, 2.75) is 38.8 Å². The lowest BCUT2D eigenvalue weighted by molar-refractivity contribution is -0.384. The number of nitrogen functional groups attached to an aromatic ring is 1. The van der Waals surface area contributed by atoms with Crippen LogP contribution in [0.5, 0.6) is 0 Å². The van der Waals surface area contributed by atoms with Gasteiger partial charge in [-0.25, -0.2) is 0 Å². The van der Waals surface area contributed by atoms with Crippen LogP contribution in [-0.2, 0) is 6.54 Å². The molecule has 1 heterocycles. The lowest BCUT2D eigenvalue weighted by atomic mass is 10.0. The standard InChI is InChI=1S/C13H19N3O2/c1-13(2)6-3-7-15(13)9-10-4-5-11(14)12(8-10)16(17)18/h4-5,8H,3,6-7,9,14H2,1-2H3. The molecule has 2 rings (SSSR count). The van der Waals surface area contributed by atoms with Gasteiger partial charge in [0.25, 0.3) is 5.69 Å². The van der Waals surface area contributed by atoms with Crippen molar-refractivity contribution in [2.24, 2.45) is 0 Å². The maximum absolute atomic E-state index is 10.9. The van der Waals surface area contributed by atoms with Gasteiger partial charge < -0.3 is 5.73 Å². The molecule has 0 bridgehead atoms. The average Bonchev–Trinajstić information content (AvgIpc) is 2.60. The monoisotopic (exact) mass is 249 g/mol. The van der Waals surface area contributed by atoms with Gasteiger partial charge in [0.1, 0.15) is 5.69 Å². The summed E-state index contributed by atoms with van der Waals surface area (Å²) in [6.45, 7) is 6.22. The topological polar surface area (TPSA) is 72.4 Å². The molecule has 0 amide bonds. The van der Waals surface area contributed by atoms with Crippen LogP contribution < -0.4 is 5.73 Å². The van der Waals surface area contributed by atoms with Crippen LogP contribution in [0.3, 0.4) is 0 Å². The van der Waals surface area contributed by atoms with Crippen LogP contribution in [0.15, 0.2) is 18.2 Å². The third-order valence-electron chi connectivity index (χ3n) is 3.74. The molecule has 0 spiro atoms. The van der Waals surface area contributed by atoms with E-state index in [4.69, 9.17) is 5.73 Å². The predicted molar refractivity (Wildman–Crippen MR) is 71.2 cm³/mol. The van der Waals surface area contributed by atoms with Gasteiger partial charge in [-0.15, -0.1) is 0 Å². The average molecular weight is 249 g/mol. The van der Waals surface area contributed by atoms with Crippen LogP contribution >= 0.6 is 0 Å². The van der Waals surface area contributed by atoms with Crippen molar-refractivity contribution in [2.75, 3.05) is 12.3 Å². The first-order chi connectivity index (χ1) is 8.40. The lowest BCUT2D eigenvalue weighted by Crippen LogP contribution is -2.37. The maximum atomic E-state index is 10.9. The Morgan fingerprint density at radius 2 is 2.22 bits per heavy atom. The van der Waals surface area contributed by atoms with Crippen LogP contribution in [0.2, 0.25) is 0 Å². The Kier molecular flexibility index (Phi) is 3.26. The Bertz CT molecular complexity index is 471. The number of hydrogen-bond acceptors (Lipinski definition) is 4. The highest BCUT2D eigenvalue weighted by Crippen LogP contribution is 2.31. The van der Waals surface area contributed by atoms with Crippen molar-refractivity contribution in [3.63, 3.8) is 0 Å². The molecule has 1 saturated heterocycles. The minimum absolute atomic E-state index is 0.00417. The molecule has 18 heavy (non-hydrogen) atoms. The first-order valence-electron chi connectivity index (χ1n) is 6.18. The summed E-state index contributed by atoms with van der Waals surface area (Å²) in [4.78, 5) is 12.8. The van der Waals surface area contributed by atoms with E-state index in [-0.39, 0.29) is 16.9 Å². The molecule has 0 atom stereocenters. The van der Waals surface area contributed by atoms with Crippen molar-refractivity contribution in [1.82, 2.24) is 4.90 Å². The lowest BCUT2D eigenvalue weighted by Gasteiger charge is -2.31. The Morgan fingerprint density at radius 1 is 1.50 bits per heavy atom. The largest absolute Gasteiger partial charge is 0.393 e. The molecule has 0 aromatic heterocycles. The molecule has 1 aliphatic heterocycles. The van der Waals surface area contributed by atoms with Gasteiger partial charge in [0.2, 0.25) is 0 Å². The fourth-order valence-corrected chi connectivity index (χ4v) is 2.52. The fourth-order valence-electron chi connectivity index (χ4n) is 2.52. The summed E-state index contributed by atoms with van der Waals surface area (Å²) >= 11 is 0. The van der Waals surface area contributed by atoms with E-state index in [0.717, 1.165) is 18.7 Å². The summed E-state index contributed by atoms with van der Waals surface area (Å²) < 4.78 is 0. The summed E-state index contributed by atoms with van der Waals surface area (Å²) in [5, 5.41) is 10.9. The number of nitrogens with zero attached hydrogens (tertiary/aromatic N) is 2. The number of anilines is 1. The van der Waals surface area contributed by atoms with Crippen molar-refractivity contribution < 1.29 is 4.92 Å². The smallest absolute Gasteiger partial charge is 0.292 e. The second-order valence-electron chi connectivity index (χ2n) is 5.49. The molecule has 0 saturated carbocycles. The van der Waals surface area contributed by atoms with Crippen molar-refractivity contribution >= 4 is 11.4 Å². The minimum atomic E-state index is -0.423. The van der Waals surface area contributed by atoms with E-state index in [1.165, 1.54) is 12.8 Å². The maximum Gasteiger partial charge on any atom is 0.292 e. The quantitative estimate of drug-likeness (QED) is 0.507. The van der Waals surface area contributed by atoms with E-state index in [1.54, 1.807) is 12.1 Å². The van der Waals surface area contributed by atoms with E-state index < -0.39 is 4.92 Å². The van der Waals surface area contributed by atoms with Gasteiger partial charge in [-0.05, 0) is 44.9 Å². The second-order valence-corrected chi connectivity index (χ2v) is 5.49. The normalized spacial score (nSPS) is 19.0. The first-order valence-corrected chi connectivity index (χ1v) is 6.18. The van der Waals surface area contributed by atoms with Gasteiger partial charge in [0.05, 0.1) is 4.92 Å². The van der Waals surface area contributed by atoms with Crippen LogP contribution in [0.25, 0.3) is 0 Å². The van der Waals surface area contributed by atoms with Crippen molar-refractivity contribution in [1.29, 1.82) is 0 Å². The van der Waals surface area contributed by atoms with Crippen LogP contribution in [0.4, 0.5) is 11.4 Å². The molecule has 1 aliphatic rings. The van der Waals surface area contributed by atoms with Gasteiger partial charge in [0.15, 0.2) is 0 Å². The SMILES string of the molecule is CC1(C)CCCN1Cc1ccc(N)c([N+](=O)[O-])c1. The van der Waals surface area contributed by atoms with Gasteiger partial charge in [-0.3, -0.25) is 15.0 Å². The highest BCUT2D eigenvalue weighted by Gasteiger charge is 2.31. The van der Waals surface area contributed by atoms with Crippen molar-refractivity contribution in [3.05, 3.63) is 33.9 Å². The zero-order valence-corrected chi connectivity index (χ0v) is 10.8. The van der Waals surface area contributed by atoms with E-state index in [9.17, 15) is 10.1 Å². The summed E-state index contributed by atoms with van der Waals surface area (Å²) in [7, 11) is 0.